The van der Waals surface area contributed by atoms with Crippen molar-refractivity contribution in [3.63, 3.8) is 0 Å². The Kier molecular flexibility index (Phi) is 5.99. The Morgan fingerprint density at radius 2 is 1.93 bits per heavy atom. The molecule has 1 amide bonds. The zero-order chi connectivity index (χ0) is 21.3. The van der Waals surface area contributed by atoms with Gasteiger partial charge in [0.15, 0.2) is 0 Å². The third kappa shape index (κ3) is 3.91. The summed E-state index contributed by atoms with van der Waals surface area (Å²) in [5.41, 5.74) is 6.68. The topological polar surface area (TPSA) is 85.6 Å². The van der Waals surface area contributed by atoms with Crippen molar-refractivity contribution in [1.29, 1.82) is 5.26 Å². The van der Waals surface area contributed by atoms with Crippen LogP contribution < -0.4 is 4.72 Å². The molecule has 0 spiro atoms. The summed E-state index contributed by atoms with van der Waals surface area (Å²) in [6, 6.07) is 4.54. The summed E-state index contributed by atoms with van der Waals surface area (Å²) in [5, 5.41) is 9.55. The summed E-state index contributed by atoms with van der Waals surface area (Å²) in [5.74, 6) is -0.275. The molecule has 1 aliphatic heterocycles. The Bertz CT molecular complexity index is 1000. The van der Waals surface area contributed by atoms with Crippen LogP contribution in [0.15, 0.2) is 22.2 Å². The van der Waals surface area contributed by atoms with Gasteiger partial charge in [0.2, 0.25) is 5.91 Å². The van der Waals surface area contributed by atoms with Crippen LogP contribution in [-0.2, 0) is 51.9 Å². The second-order valence-electron chi connectivity index (χ2n) is 8.85. The number of amides is 1. The highest BCUT2D eigenvalue weighted by Crippen LogP contribution is 2.35. The van der Waals surface area contributed by atoms with Crippen LogP contribution in [0.5, 0.6) is 0 Å². The van der Waals surface area contributed by atoms with E-state index in [4.69, 9.17) is 0 Å². The van der Waals surface area contributed by atoms with Crippen molar-refractivity contribution < 1.29 is 9.00 Å². The Balaban J connectivity index is 1.49. The Morgan fingerprint density at radius 1 is 1.27 bits per heavy atom. The van der Waals surface area contributed by atoms with Crippen molar-refractivity contribution >= 4 is 16.7 Å². The van der Waals surface area contributed by atoms with Crippen molar-refractivity contribution in [2.45, 2.75) is 70.3 Å². The van der Waals surface area contributed by atoms with Gasteiger partial charge >= 0.3 is 0 Å². The molecule has 0 unspecified atom stereocenters. The Labute approximate surface area is 180 Å². The Morgan fingerprint density at radius 3 is 2.50 bits per heavy atom. The number of benzene rings is 1. The van der Waals surface area contributed by atoms with Crippen LogP contribution in [0.25, 0.3) is 0 Å². The maximum Gasteiger partial charge on any atom is 0.208 e. The summed E-state index contributed by atoms with van der Waals surface area (Å²) < 4.78 is 18.9. The molecule has 3 aliphatic rings. The third-order valence-corrected chi connectivity index (χ3v) is 7.81. The summed E-state index contributed by atoms with van der Waals surface area (Å²) in [4.78, 5) is 14.8. The number of nitriles is 1. The van der Waals surface area contributed by atoms with E-state index in [1.165, 1.54) is 28.5 Å². The van der Waals surface area contributed by atoms with Gasteiger partial charge in [0, 0.05) is 6.20 Å². The van der Waals surface area contributed by atoms with Gasteiger partial charge in [-0.1, -0.05) is 16.8 Å². The summed E-state index contributed by atoms with van der Waals surface area (Å²) in [7, 11) is 0.0871. The number of fused-ring (bicyclic) bond motifs is 2. The first-order valence-corrected chi connectivity index (χ1v) is 11.9. The minimum Gasteiger partial charge on any atom is -0.424 e. The molecule has 6 nitrogen and oxygen atoms in total. The highest BCUT2D eigenvalue weighted by molar-refractivity contribution is 7.73. The van der Waals surface area contributed by atoms with Crippen LogP contribution in [0.2, 0.25) is 0 Å². The SMILES string of the molecule is CN1CCC[C@]1(C)/C(C#N)=C\N=[S-](=O)NC(=O)Cc1c2c(cc3c1CCC3)CCC2. The predicted octanol–water partition coefficient (Wildman–Crippen LogP) is 3.28. The summed E-state index contributed by atoms with van der Waals surface area (Å²) in [6.45, 7) is 2.92. The number of rotatable bonds is 5. The molecule has 0 saturated carbocycles. The maximum atomic E-state index is 12.7. The average molecular weight is 426 g/mol. The lowest BCUT2D eigenvalue weighted by Crippen LogP contribution is -2.39. The van der Waals surface area contributed by atoms with E-state index in [1.54, 1.807) is 0 Å². The largest absolute Gasteiger partial charge is 0.424 e. The molecule has 1 N–H and O–H groups in total. The van der Waals surface area contributed by atoms with E-state index in [9.17, 15) is 14.3 Å². The number of hydrogen-bond acceptors (Lipinski definition) is 6. The monoisotopic (exact) mass is 425 g/mol. The second-order valence-corrected chi connectivity index (χ2v) is 9.76. The van der Waals surface area contributed by atoms with E-state index in [1.807, 2.05) is 14.0 Å². The molecule has 7 heteroatoms. The fourth-order valence-electron chi connectivity index (χ4n) is 5.30. The molecule has 0 aromatic heterocycles. The van der Waals surface area contributed by atoms with E-state index in [2.05, 4.69) is 26.1 Å². The van der Waals surface area contributed by atoms with Gasteiger partial charge in [-0.3, -0.25) is 9.69 Å². The van der Waals surface area contributed by atoms with Gasteiger partial charge in [-0.2, -0.15) is 5.26 Å². The van der Waals surface area contributed by atoms with Crippen LogP contribution in [-0.4, -0.2) is 29.9 Å². The third-order valence-electron chi connectivity index (χ3n) is 7.11. The van der Waals surface area contributed by atoms with E-state index in [-0.39, 0.29) is 12.3 Å². The molecule has 30 heavy (non-hydrogen) atoms. The standard InChI is InChI=1S/C23H29N4O2S/c1-23(10-5-11-27(23)2)18(14-24)15-25-30(29)26-22(28)13-21-19-8-3-6-16(19)12-17-7-4-9-20(17)21/h12,15H,3-11,13H2,1-2H3,(H,25,26,28,29)/q-1/b18-15-/t23-/m1/s1. The zero-order valence-electron chi connectivity index (χ0n) is 17.8. The molecule has 160 valence electrons. The number of nitrogens with one attached hydrogen (secondary N) is 1. The molecule has 1 saturated heterocycles. The number of nitrogens with zero attached hydrogens (tertiary/aromatic N) is 3. The molecule has 1 fully saturated rings. The predicted molar refractivity (Wildman–Crippen MR) is 117 cm³/mol. The van der Waals surface area contributed by atoms with Gasteiger partial charge in [-0.15, -0.1) is 0 Å². The van der Waals surface area contributed by atoms with Gasteiger partial charge in [-0.25, -0.2) is 0 Å². The smallest absolute Gasteiger partial charge is 0.208 e. The van der Waals surface area contributed by atoms with Crippen molar-refractivity contribution in [2.75, 3.05) is 13.6 Å². The summed E-state index contributed by atoms with van der Waals surface area (Å²) in [6.07, 6.45) is 10.0. The van der Waals surface area contributed by atoms with E-state index >= 15 is 0 Å². The number of carbonyl (C=O) groups excluding carboxylic acids is 1. The highest BCUT2D eigenvalue weighted by atomic mass is 32.2. The fourth-order valence-corrected chi connectivity index (χ4v) is 5.82. The van der Waals surface area contributed by atoms with E-state index in [0.29, 0.717) is 5.57 Å². The van der Waals surface area contributed by atoms with E-state index < -0.39 is 16.3 Å². The van der Waals surface area contributed by atoms with E-state index in [0.717, 1.165) is 63.5 Å². The van der Waals surface area contributed by atoms with Crippen LogP contribution in [0.3, 0.4) is 0 Å². The van der Waals surface area contributed by atoms with Crippen LogP contribution in [0, 0.1) is 11.3 Å². The first-order valence-electron chi connectivity index (χ1n) is 10.8. The van der Waals surface area contributed by atoms with Crippen LogP contribution >= 0.6 is 0 Å². The molecular weight excluding hydrogens is 396 g/mol. The molecular formula is C23H29N4O2S-. The second kappa shape index (κ2) is 8.52. The van der Waals surface area contributed by atoms with Gasteiger partial charge in [0.1, 0.15) is 0 Å². The van der Waals surface area contributed by atoms with Crippen LogP contribution in [0.4, 0.5) is 0 Å². The Hall–Kier alpha value is -2.17. The van der Waals surface area contributed by atoms with Gasteiger partial charge in [0.05, 0.1) is 23.6 Å². The van der Waals surface area contributed by atoms with Gasteiger partial charge < -0.3 is 13.3 Å². The fraction of sp³-hybridized carbons (Fsp3) is 0.565. The highest BCUT2D eigenvalue weighted by Gasteiger charge is 2.37. The van der Waals surface area contributed by atoms with Crippen molar-refractivity contribution in [2.24, 2.45) is 4.36 Å². The average Bonchev–Trinajstić information content (AvgIpc) is 3.43. The quantitative estimate of drug-likeness (QED) is 0.579. The first kappa shape index (κ1) is 21.1. The van der Waals surface area contributed by atoms with Gasteiger partial charge in [-0.05, 0) is 99.7 Å². The number of likely N-dealkylation sites (N-methyl/N-ethyl adjacent to an activating group) is 1. The lowest BCUT2D eigenvalue weighted by atomic mass is 9.91. The molecule has 4 rings (SSSR count). The molecule has 2 aliphatic carbocycles. The van der Waals surface area contributed by atoms with Crippen molar-refractivity contribution in [3.05, 3.63) is 45.7 Å². The molecule has 1 heterocycles. The molecule has 1 atom stereocenters. The number of likely N-dealkylation sites (tertiary alicyclic amines) is 1. The number of hydrogen-bond donors (Lipinski definition) is 1. The molecule has 0 radical (unpaired) electrons. The molecule has 0 bridgehead atoms. The van der Waals surface area contributed by atoms with Crippen molar-refractivity contribution in [1.82, 2.24) is 9.62 Å². The minimum atomic E-state index is -1.89. The lowest BCUT2D eigenvalue weighted by Gasteiger charge is -2.31. The summed E-state index contributed by atoms with van der Waals surface area (Å²) >= 11 is 0. The molecule has 1 aromatic carbocycles. The normalized spacial score (nSPS) is 24.5. The lowest BCUT2D eigenvalue weighted by molar-refractivity contribution is -0.118. The molecule has 1 aromatic rings. The number of carbonyl (C=O) groups is 1. The first-order chi connectivity index (χ1) is 14.4. The minimum absolute atomic E-state index is 0.252. The number of aryl methyl sites for hydroxylation is 2. The van der Waals surface area contributed by atoms with Gasteiger partial charge in [0.25, 0.3) is 0 Å². The van der Waals surface area contributed by atoms with Crippen LogP contribution in [0.1, 0.15) is 60.4 Å². The zero-order valence-corrected chi connectivity index (χ0v) is 18.6. The maximum absolute atomic E-state index is 12.7. The van der Waals surface area contributed by atoms with Crippen molar-refractivity contribution in [3.8, 4) is 6.07 Å².